The van der Waals surface area contributed by atoms with Crippen LogP contribution in [-0.2, 0) is 0 Å². The summed E-state index contributed by atoms with van der Waals surface area (Å²) in [4.78, 5) is 4.30. The smallest absolute Gasteiger partial charge is 0.125 e. The summed E-state index contributed by atoms with van der Waals surface area (Å²) in [6.07, 6.45) is 1.40. The second-order valence-electron chi connectivity index (χ2n) is 5.99. The summed E-state index contributed by atoms with van der Waals surface area (Å²) in [5.74, 6) is 0.980. The maximum Gasteiger partial charge on any atom is 0.125 e. The zero-order valence-electron chi connectivity index (χ0n) is 13.1. The van der Waals surface area contributed by atoms with E-state index in [2.05, 4.69) is 4.99 Å². The molecule has 116 valence electrons. The van der Waals surface area contributed by atoms with Crippen molar-refractivity contribution in [1.29, 1.82) is 0 Å². The normalized spacial score (nSPS) is 14.9. The lowest BCUT2D eigenvalue weighted by molar-refractivity contribution is 0.130. The number of amidine groups is 1. The van der Waals surface area contributed by atoms with Gasteiger partial charge in [0.2, 0.25) is 0 Å². The van der Waals surface area contributed by atoms with Gasteiger partial charge in [0.1, 0.15) is 17.7 Å². The highest BCUT2D eigenvalue weighted by Gasteiger charge is 2.13. The van der Waals surface area contributed by atoms with Crippen LogP contribution in [0.15, 0.2) is 41.0 Å². The summed E-state index contributed by atoms with van der Waals surface area (Å²) in [5, 5.41) is 8.99. The summed E-state index contributed by atoms with van der Waals surface area (Å²) in [6.45, 7) is 7.78. The van der Waals surface area contributed by atoms with Crippen LogP contribution in [0.2, 0.25) is 0 Å². The molecule has 0 aromatic heterocycles. The van der Waals surface area contributed by atoms with E-state index in [4.69, 9.17) is 21.3 Å². The molecule has 0 saturated heterocycles. The van der Waals surface area contributed by atoms with Crippen molar-refractivity contribution in [3.8, 4) is 5.75 Å². The molecule has 0 radical (unpaired) electrons. The van der Waals surface area contributed by atoms with E-state index in [0.29, 0.717) is 23.0 Å². The number of benzene rings is 1. The summed E-state index contributed by atoms with van der Waals surface area (Å²) in [6, 6.07) is 7.22. The van der Waals surface area contributed by atoms with Gasteiger partial charge in [0.05, 0.1) is 12.3 Å². The van der Waals surface area contributed by atoms with Crippen molar-refractivity contribution >= 4 is 11.5 Å². The molecule has 0 aliphatic heterocycles. The number of rotatable bonds is 5. The van der Waals surface area contributed by atoms with E-state index in [0.717, 1.165) is 0 Å². The van der Waals surface area contributed by atoms with Crippen molar-refractivity contribution in [2.45, 2.75) is 33.8 Å². The quantitative estimate of drug-likeness (QED) is 0.573. The van der Waals surface area contributed by atoms with Crippen LogP contribution >= 0.6 is 0 Å². The summed E-state index contributed by atoms with van der Waals surface area (Å²) < 4.78 is 5.52. The lowest BCUT2D eigenvalue weighted by Gasteiger charge is -2.18. The van der Waals surface area contributed by atoms with Gasteiger partial charge in [-0.25, -0.2) is 4.99 Å². The molecule has 0 bridgehead atoms. The number of nitrogens with zero attached hydrogens (tertiary/aromatic N) is 1. The van der Waals surface area contributed by atoms with Gasteiger partial charge in [-0.15, -0.1) is 0 Å². The first kappa shape index (κ1) is 17.0. The van der Waals surface area contributed by atoms with Crippen molar-refractivity contribution < 1.29 is 9.84 Å². The van der Waals surface area contributed by atoms with E-state index in [1.54, 1.807) is 25.1 Å². The molecule has 0 aliphatic rings. The zero-order valence-corrected chi connectivity index (χ0v) is 13.1. The van der Waals surface area contributed by atoms with Crippen LogP contribution in [-0.4, -0.2) is 23.7 Å². The van der Waals surface area contributed by atoms with Gasteiger partial charge >= 0.3 is 0 Å². The number of aliphatic hydroxyl groups is 1. The Hall–Kier alpha value is -2.01. The Morgan fingerprint density at radius 1 is 1.38 bits per heavy atom. The molecule has 0 spiro atoms. The SMILES string of the molecule is C[C@H](CO)Oc1cccc(N=C(N)/C=C(\N)C(C)(C)C)c1. The second kappa shape index (κ2) is 7.13. The minimum Gasteiger partial charge on any atom is -0.488 e. The highest BCUT2D eigenvalue weighted by atomic mass is 16.5. The Labute approximate surface area is 126 Å². The number of aliphatic hydroxyl groups excluding tert-OH is 1. The van der Waals surface area contributed by atoms with Crippen LogP contribution < -0.4 is 16.2 Å². The first-order valence-corrected chi connectivity index (χ1v) is 6.91. The molecule has 0 heterocycles. The second-order valence-corrected chi connectivity index (χ2v) is 5.99. The van der Waals surface area contributed by atoms with E-state index in [9.17, 15) is 0 Å². The van der Waals surface area contributed by atoms with Gasteiger partial charge in [0.15, 0.2) is 0 Å². The third-order valence-corrected chi connectivity index (χ3v) is 2.84. The van der Waals surface area contributed by atoms with Crippen molar-refractivity contribution in [2.24, 2.45) is 21.9 Å². The molecule has 0 unspecified atom stereocenters. The minimum atomic E-state index is -0.266. The maximum atomic E-state index is 8.99. The van der Waals surface area contributed by atoms with Crippen LogP contribution in [0.3, 0.4) is 0 Å². The minimum absolute atomic E-state index is 0.0412. The molecule has 0 fully saturated rings. The van der Waals surface area contributed by atoms with E-state index < -0.39 is 0 Å². The molecular weight excluding hydrogens is 266 g/mol. The molecule has 5 nitrogen and oxygen atoms in total. The van der Waals surface area contributed by atoms with Gasteiger partial charge in [-0.2, -0.15) is 0 Å². The van der Waals surface area contributed by atoms with Gasteiger partial charge in [-0.3, -0.25) is 0 Å². The van der Waals surface area contributed by atoms with E-state index in [1.165, 1.54) is 0 Å². The molecule has 1 rings (SSSR count). The first-order valence-electron chi connectivity index (χ1n) is 6.91. The van der Waals surface area contributed by atoms with E-state index in [-0.39, 0.29) is 18.1 Å². The van der Waals surface area contributed by atoms with Crippen molar-refractivity contribution in [1.82, 2.24) is 0 Å². The Morgan fingerprint density at radius 3 is 2.62 bits per heavy atom. The molecule has 0 amide bonds. The standard InChI is InChI=1S/C16H25N3O2/c1-11(10-20)21-13-7-5-6-12(8-13)19-15(18)9-14(17)16(2,3)4/h5-9,11,20H,10,17H2,1-4H3,(H2,18,19)/b14-9-/t11-/m1/s1. The molecular formula is C16H25N3O2. The summed E-state index contributed by atoms with van der Waals surface area (Å²) in [7, 11) is 0. The molecule has 5 heteroatoms. The Kier molecular flexibility index (Phi) is 5.79. The molecule has 1 aromatic rings. The maximum absolute atomic E-state index is 8.99. The van der Waals surface area contributed by atoms with Gasteiger partial charge < -0.3 is 21.3 Å². The van der Waals surface area contributed by atoms with Crippen LogP contribution in [0.5, 0.6) is 5.75 Å². The van der Waals surface area contributed by atoms with E-state index in [1.807, 2.05) is 32.9 Å². The topological polar surface area (TPSA) is 93.9 Å². The van der Waals surface area contributed by atoms with Crippen LogP contribution in [0.4, 0.5) is 5.69 Å². The van der Waals surface area contributed by atoms with Gasteiger partial charge in [-0.1, -0.05) is 26.8 Å². The Balaban J connectivity index is 2.91. The fourth-order valence-electron chi connectivity index (χ4n) is 1.45. The van der Waals surface area contributed by atoms with Gasteiger partial charge in [0.25, 0.3) is 0 Å². The molecule has 1 atom stereocenters. The molecule has 21 heavy (non-hydrogen) atoms. The predicted molar refractivity (Wildman–Crippen MR) is 86.6 cm³/mol. The number of ether oxygens (including phenoxy) is 1. The zero-order chi connectivity index (χ0) is 16.0. The number of hydrogen-bond donors (Lipinski definition) is 3. The average Bonchev–Trinajstić information content (AvgIpc) is 2.37. The van der Waals surface area contributed by atoms with Crippen LogP contribution in [0, 0.1) is 5.41 Å². The molecule has 0 aliphatic carbocycles. The fraction of sp³-hybridized carbons (Fsp3) is 0.438. The van der Waals surface area contributed by atoms with Gasteiger partial charge in [-0.05, 0) is 25.1 Å². The predicted octanol–water partition coefficient (Wildman–Crippen LogP) is 2.32. The highest BCUT2D eigenvalue weighted by Crippen LogP contribution is 2.22. The Morgan fingerprint density at radius 2 is 2.05 bits per heavy atom. The van der Waals surface area contributed by atoms with Crippen LogP contribution in [0.25, 0.3) is 0 Å². The first-order chi connectivity index (χ1) is 9.72. The number of aliphatic imine (C=N–C) groups is 1. The van der Waals surface area contributed by atoms with Crippen LogP contribution in [0.1, 0.15) is 27.7 Å². The lowest BCUT2D eigenvalue weighted by atomic mass is 9.92. The number of allylic oxidation sites excluding steroid dienone is 1. The largest absolute Gasteiger partial charge is 0.488 e. The Bertz CT molecular complexity index is 531. The highest BCUT2D eigenvalue weighted by molar-refractivity contribution is 5.94. The average molecular weight is 291 g/mol. The third kappa shape index (κ3) is 5.87. The number of hydrogen-bond acceptors (Lipinski definition) is 4. The third-order valence-electron chi connectivity index (χ3n) is 2.84. The lowest BCUT2D eigenvalue weighted by Crippen LogP contribution is -2.20. The monoisotopic (exact) mass is 291 g/mol. The fourth-order valence-corrected chi connectivity index (χ4v) is 1.45. The molecule has 0 saturated carbocycles. The summed E-state index contributed by atoms with van der Waals surface area (Å²) >= 11 is 0. The van der Waals surface area contributed by atoms with Crippen molar-refractivity contribution in [3.63, 3.8) is 0 Å². The van der Waals surface area contributed by atoms with Crippen molar-refractivity contribution in [3.05, 3.63) is 36.0 Å². The van der Waals surface area contributed by atoms with Gasteiger partial charge in [0, 0.05) is 17.2 Å². The number of nitrogens with two attached hydrogens (primary N) is 2. The molecule has 5 N–H and O–H groups in total. The van der Waals surface area contributed by atoms with Crippen molar-refractivity contribution in [2.75, 3.05) is 6.61 Å². The van der Waals surface area contributed by atoms with E-state index >= 15 is 0 Å². The molecule has 1 aromatic carbocycles. The summed E-state index contributed by atoms with van der Waals surface area (Å²) in [5.41, 5.74) is 13.1.